The highest BCUT2D eigenvalue weighted by atomic mass is 79.9. The van der Waals surface area contributed by atoms with Gasteiger partial charge >= 0.3 is 0 Å². The van der Waals surface area contributed by atoms with Gasteiger partial charge in [0.15, 0.2) is 5.78 Å². The van der Waals surface area contributed by atoms with Crippen LogP contribution in [0.5, 0.6) is 0 Å². The summed E-state index contributed by atoms with van der Waals surface area (Å²) in [5.41, 5.74) is 9.88. The van der Waals surface area contributed by atoms with Crippen LogP contribution in [0.3, 0.4) is 0 Å². The Morgan fingerprint density at radius 3 is 2.75 bits per heavy atom. The first kappa shape index (κ1) is 14.8. The third-order valence-electron chi connectivity index (χ3n) is 3.34. The van der Waals surface area contributed by atoms with E-state index in [0.29, 0.717) is 11.3 Å². The van der Waals surface area contributed by atoms with E-state index in [1.807, 2.05) is 33.0 Å². The van der Waals surface area contributed by atoms with E-state index in [9.17, 15) is 4.79 Å². The minimum Gasteiger partial charge on any atom is -0.398 e. The van der Waals surface area contributed by atoms with Crippen molar-refractivity contribution >= 4 is 27.4 Å². The molecule has 0 spiro atoms. The molecule has 0 unspecified atom stereocenters. The summed E-state index contributed by atoms with van der Waals surface area (Å²) in [6.45, 7) is 3.99. The highest BCUT2D eigenvalue weighted by Gasteiger charge is 2.18. The Balaban J connectivity index is 2.33. The smallest absolute Gasteiger partial charge is 0.170 e. The predicted molar refractivity (Wildman–Crippen MR) is 83.9 cm³/mol. The average Bonchev–Trinajstić information content (AvgIpc) is 2.68. The van der Waals surface area contributed by atoms with Crippen molar-refractivity contribution in [3.8, 4) is 0 Å². The molecule has 2 N–H and O–H groups in total. The van der Waals surface area contributed by atoms with Gasteiger partial charge in [-0.25, -0.2) is 0 Å². The lowest BCUT2D eigenvalue weighted by molar-refractivity contribution is 0.0991. The normalized spacial score (nSPS) is 10.8. The van der Waals surface area contributed by atoms with Crippen LogP contribution in [0.1, 0.15) is 34.2 Å². The first-order valence-electron chi connectivity index (χ1n) is 6.53. The zero-order chi connectivity index (χ0) is 14.9. The van der Waals surface area contributed by atoms with Crippen LogP contribution in [-0.4, -0.2) is 15.6 Å². The number of hydrogen-bond donors (Lipinski definition) is 1. The Labute approximate surface area is 127 Å². The van der Waals surface area contributed by atoms with Gasteiger partial charge in [0.25, 0.3) is 0 Å². The summed E-state index contributed by atoms with van der Waals surface area (Å²) >= 11 is 3.53. The summed E-state index contributed by atoms with van der Waals surface area (Å²) in [5.74, 6) is 0.0116. The number of carbonyl (C=O) groups is 1. The number of anilines is 1. The van der Waals surface area contributed by atoms with Gasteiger partial charge in [0.05, 0.1) is 22.3 Å². The lowest BCUT2D eigenvalue weighted by Crippen LogP contribution is -2.10. The van der Waals surface area contributed by atoms with Crippen molar-refractivity contribution in [3.63, 3.8) is 0 Å². The van der Waals surface area contributed by atoms with Gasteiger partial charge < -0.3 is 5.73 Å². The van der Waals surface area contributed by atoms with Gasteiger partial charge in [-0.1, -0.05) is 18.6 Å². The quantitative estimate of drug-likeness (QED) is 0.689. The van der Waals surface area contributed by atoms with Gasteiger partial charge in [-0.2, -0.15) is 5.10 Å². The number of aromatic nitrogens is 2. The number of hydrogen-bond acceptors (Lipinski definition) is 3. The van der Waals surface area contributed by atoms with Crippen molar-refractivity contribution in [1.29, 1.82) is 0 Å². The first-order chi connectivity index (χ1) is 9.43. The molecule has 0 atom stereocenters. The van der Waals surface area contributed by atoms with Crippen LogP contribution in [0, 0.1) is 6.92 Å². The van der Waals surface area contributed by atoms with E-state index in [4.69, 9.17) is 5.73 Å². The fourth-order valence-electron chi connectivity index (χ4n) is 2.17. The number of halogens is 1. The SMILES string of the molecule is CCc1nn(C)c(CC(=O)c2cc(C)ccc2N)c1Br. The molecule has 4 nitrogen and oxygen atoms in total. The number of nitrogens with zero attached hydrogens (tertiary/aromatic N) is 2. The number of ketones is 1. The van der Waals surface area contributed by atoms with Crippen LogP contribution in [-0.2, 0) is 19.9 Å². The molecule has 0 fully saturated rings. The molecule has 20 heavy (non-hydrogen) atoms. The lowest BCUT2D eigenvalue weighted by atomic mass is 10.0. The van der Waals surface area contributed by atoms with E-state index in [1.54, 1.807) is 10.7 Å². The summed E-state index contributed by atoms with van der Waals surface area (Å²) in [6.07, 6.45) is 1.12. The van der Waals surface area contributed by atoms with E-state index < -0.39 is 0 Å². The molecule has 0 amide bonds. The fourth-order valence-corrected chi connectivity index (χ4v) is 2.93. The van der Waals surface area contributed by atoms with Crippen molar-refractivity contribution in [2.24, 2.45) is 7.05 Å². The summed E-state index contributed by atoms with van der Waals surface area (Å²) < 4.78 is 2.68. The third kappa shape index (κ3) is 2.77. The number of carbonyl (C=O) groups excluding carboxylic acids is 1. The van der Waals surface area contributed by atoms with E-state index in [1.165, 1.54) is 0 Å². The first-order valence-corrected chi connectivity index (χ1v) is 7.33. The molecule has 1 heterocycles. The molecule has 106 valence electrons. The maximum absolute atomic E-state index is 12.4. The molecule has 0 bridgehead atoms. The Hall–Kier alpha value is -1.62. The standard InChI is InChI=1S/C15H18BrN3O/c1-4-12-15(16)13(19(3)18-12)8-14(20)10-7-9(2)5-6-11(10)17/h5-7H,4,8,17H2,1-3H3. The van der Waals surface area contributed by atoms with Crippen LogP contribution in [0.25, 0.3) is 0 Å². The van der Waals surface area contributed by atoms with Gasteiger partial charge in [-0.05, 0) is 41.4 Å². The molecule has 1 aromatic heterocycles. The number of benzene rings is 1. The largest absolute Gasteiger partial charge is 0.398 e. The molecule has 0 aliphatic heterocycles. The van der Waals surface area contributed by atoms with Crippen LogP contribution in [0.4, 0.5) is 5.69 Å². The maximum atomic E-state index is 12.4. The molecule has 5 heteroatoms. The topological polar surface area (TPSA) is 60.9 Å². The number of aryl methyl sites for hydroxylation is 3. The average molecular weight is 336 g/mol. The minimum atomic E-state index is 0.0116. The number of nitrogen functional groups attached to an aromatic ring is 1. The minimum absolute atomic E-state index is 0.0116. The number of rotatable bonds is 4. The summed E-state index contributed by atoms with van der Waals surface area (Å²) in [4.78, 5) is 12.4. The van der Waals surface area contributed by atoms with Crippen molar-refractivity contribution < 1.29 is 4.79 Å². The van der Waals surface area contributed by atoms with Gasteiger partial charge in [0.1, 0.15) is 0 Å². The molecule has 1 aromatic carbocycles. The highest BCUT2D eigenvalue weighted by molar-refractivity contribution is 9.10. The molecule has 0 saturated carbocycles. The second-order valence-electron chi connectivity index (χ2n) is 4.88. The van der Waals surface area contributed by atoms with Crippen LogP contribution >= 0.6 is 15.9 Å². The zero-order valence-electron chi connectivity index (χ0n) is 11.9. The van der Waals surface area contributed by atoms with Gasteiger partial charge in [-0.3, -0.25) is 9.48 Å². The van der Waals surface area contributed by atoms with Gasteiger partial charge in [0.2, 0.25) is 0 Å². The van der Waals surface area contributed by atoms with Crippen molar-refractivity contribution in [2.45, 2.75) is 26.7 Å². The highest BCUT2D eigenvalue weighted by Crippen LogP contribution is 2.24. The molecule has 0 aliphatic carbocycles. The number of nitrogens with two attached hydrogens (primary N) is 1. The third-order valence-corrected chi connectivity index (χ3v) is 4.26. The fraction of sp³-hybridized carbons (Fsp3) is 0.333. The Morgan fingerprint density at radius 2 is 2.15 bits per heavy atom. The van der Waals surface area contributed by atoms with Crippen molar-refractivity contribution in [3.05, 3.63) is 45.2 Å². The van der Waals surface area contributed by atoms with Crippen LogP contribution in [0.2, 0.25) is 0 Å². The second-order valence-corrected chi connectivity index (χ2v) is 5.67. The molecular weight excluding hydrogens is 318 g/mol. The second kappa shape index (κ2) is 5.79. The van der Waals surface area contributed by atoms with E-state index in [2.05, 4.69) is 21.0 Å². The Bertz CT molecular complexity index is 661. The molecular formula is C15H18BrN3O. The van der Waals surface area contributed by atoms with Crippen LogP contribution in [0.15, 0.2) is 22.7 Å². The molecule has 0 aliphatic rings. The summed E-state index contributed by atoms with van der Waals surface area (Å²) in [5, 5.41) is 4.40. The monoisotopic (exact) mass is 335 g/mol. The van der Waals surface area contributed by atoms with E-state index >= 15 is 0 Å². The zero-order valence-corrected chi connectivity index (χ0v) is 13.5. The van der Waals surface area contributed by atoms with Crippen molar-refractivity contribution in [1.82, 2.24) is 9.78 Å². The molecule has 0 radical (unpaired) electrons. The number of Topliss-reactive ketones (excluding diaryl/α,β-unsaturated/α-hetero) is 1. The Kier molecular flexibility index (Phi) is 4.28. The lowest BCUT2D eigenvalue weighted by Gasteiger charge is -2.07. The summed E-state index contributed by atoms with van der Waals surface area (Å²) in [7, 11) is 1.85. The van der Waals surface area contributed by atoms with E-state index in [-0.39, 0.29) is 12.2 Å². The molecule has 2 aromatic rings. The van der Waals surface area contributed by atoms with Gasteiger partial charge in [0, 0.05) is 18.3 Å². The predicted octanol–water partition coefficient (Wildman–Crippen LogP) is 3.06. The molecule has 0 saturated heterocycles. The Morgan fingerprint density at radius 1 is 1.45 bits per heavy atom. The van der Waals surface area contributed by atoms with E-state index in [0.717, 1.165) is 27.8 Å². The van der Waals surface area contributed by atoms with Gasteiger partial charge in [-0.15, -0.1) is 0 Å². The summed E-state index contributed by atoms with van der Waals surface area (Å²) in [6, 6.07) is 5.52. The molecule has 2 rings (SSSR count). The van der Waals surface area contributed by atoms with Crippen LogP contribution < -0.4 is 5.73 Å². The van der Waals surface area contributed by atoms with Crippen molar-refractivity contribution in [2.75, 3.05) is 5.73 Å². The maximum Gasteiger partial charge on any atom is 0.170 e.